The number of fused-ring (bicyclic) bond motifs is 1. The Balaban J connectivity index is 2.18. The number of carbonyl (C=O) groups is 1. The summed E-state index contributed by atoms with van der Waals surface area (Å²) in [7, 11) is 0. The van der Waals surface area contributed by atoms with Gasteiger partial charge in [0.15, 0.2) is 0 Å². The predicted octanol–water partition coefficient (Wildman–Crippen LogP) is 5.31. The molecule has 0 bridgehead atoms. The first-order valence-electron chi connectivity index (χ1n) is 8.46. The molecule has 4 nitrogen and oxygen atoms in total. The standard InChI is InChI=1S/C19H28N2O2/c1-5-6-7-12-17(21-18(22)23-19(2,3)4)15-13-20-16-11-9-8-10-14(15)16/h8-11,13,17,20H,5-7,12H2,1-4H3,(H,21,22)/t17-/m0/s1. The fraction of sp³-hybridized carbons (Fsp3) is 0.526. The molecule has 0 spiro atoms. The molecular weight excluding hydrogens is 288 g/mol. The highest BCUT2D eigenvalue weighted by Gasteiger charge is 2.22. The SMILES string of the molecule is CCCCC[C@H](NC(=O)OC(C)(C)C)c1c[nH]c2ccccc12. The summed E-state index contributed by atoms with van der Waals surface area (Å²) in [6, 6.07) is 8.14. The molecule has 1 atom stereocenters. The molecule has 1 aromatic carbocycles. The highest BCUT2D eigenvalue weighted by Crippen LogP contribution is 2.28. The number of H-pyrrole nitrogens is 1. The van der Waals surface area contributed by atoms with Gasteiger partial charge in [-0.2, -0.15) is 0 Å². The second-order valence-electron chi connectivity index (χ2n) is 6.98. The highest BCUT2D eigenvalue weighted by molar-refractivity contribution is 5.84. The number of amides is 1. The molecule has 0 saturated heterocycles. The normalized spacial score (nSPS) is 13.0. The van der Waals surface area contributed by atoms with Gasteiger partial charge in [-0.05, 0) is 38.8 Å². The Morgan fingerprint density at radius 1 is 1.26 bits per heavy atom. The topological polar surface area (TPSA) is 54.1 Å². The number of aromatic nitrogens is 1. The molecule has 2 rings (SSSR count). The van der Waals surface area contributed by atoms with Crippen LogP contribution in [0, 0.1) is 0 Å². The Morgan fingerprint density at radius 2 is 2.00 bits per heavy atom. The number of alkyl carbamates (subject to hydrolysis) is 1. The van der Waals surface area contributed by atoms with Gasteiger partial charge in [-0.25, -0.2) is 4.79 Å². The molecule has 23 heavy (non-hydrogen) atoms. The van der Waals surface area contributed by atoms with Crippen molar-refractivity contribution in [3.05, 3.63) is 36.0 Å². The van der Waals surface area contributed by atoms with Gasteiger partial charge in [0.25, 0.3) is 0 Å². The van der Waals surface area contributed by atoms with E-state index >= 15 is 0 Å². The molecule has 1 heterocycles. The van der Waals surface area contributed by atoms with Crippen LogP contribution in [0.1, 0.15) is 65.0 Å². The predicted molar refractivity (Wildman–Crippen MR) is 94.6 cm³/mol. The summed E-state index contributed by atoms with van der Waals surface area (Å²) in [5, 5.41) is 4.20. The zero-order valence-corrected chi connectivity index (χ0v) is 14.6. The van der Waals surface area contributed by atoms with Gasteiger partial charge >= 0.3 is 6.09 Å². The molecule has 4 heteroatoms. The van der Waals surface area contributed by atoms with Crippen molar-refractivity contribution in [1.29, 1.82) is 0 Å². The van der Waals surface area contributed by atoms with Crippen LogP contribution >= 0.6 is 0 Å². The fourth-order valence-corrected chi connectivity index (χ4v) is 2.74. The first-order valence-corrected chi connectivity index (χ1v) is 8.46. The third kappa shape index (κ3) is 5.02. The maximum absolute atomic E-state index is 12.2. The third-order valence-electron chi connectivity index (χ3n) is 3.78. The van der Waals surface area contributed by atoms with Gasteiger partial charge < -0.3 is 15.0 Å². The van der Waals surface area contributed by atoms with Gasteiger partial charge in [0.1, 0.15) is 5.60 Å². The van der Waals surface area contributed by atoms with E-state index in [2.05, 4.69) is 29.4 Å². The van der Waals surface area contributed by atoms with Crippen molar-refractivity contribution in [2.75, 3.05) is 0 Å². The summed E-state index contributed by atoms with van der Waals surface area (Å²) in [5.74, 6) is 0. The number of hydrogen-bond acceptors (Lipinski definition) is 2. The van der Waals surface area contributed by atoms with Crippen LogP contribution < -0.4 is 5.32 Å². The molecule has 0 aliphatic carbocycles. The number of rotatable bonds is 6. The van der Waals surface area contributed by atoms with Crippen LogP contribution in [0.15, 0.2) is 30.5 Å². The van der Waals surface area contributed by atoms with Gasteiger partial charge in [-0.1, -0.05) is 44.4 Å². The summed E-state index contributed by atoms with van der Waals surface area (Å²) in [4.78, 5) is 15.5. The largest absolute Gasteiger partial charge is 0.444 e. The van der Waals surface area contributed by atoms with E-state index in [0.717, 1.165) is 42.1 Å². The Kier molecular flexibility index (Phi) is 5.69. The second kappa shape index (κ2) is 7.53. The molecule has 0 aliphatic rings. The van der Waals surface area contributed by atoms with E-state index in [9.17, 15) is 4.79 Å². The number of carbonyl (C=O) groups excluding carboxylic acids is 1. The fourth-order valence-electron chi connectivity index (χ4n) is 2.74. The van der Waals surface area contributed by atoms with Crippen LogP contribution in [0.5, 0.6) is 0 Å². The van der Waals surface area contributed by atoms with Gasteiger partial charge in [0.05, 0.1) is 6.04 Å². The summed E-state index contributed by atoms with van der Waals surface area (Å²) < 4.78 is 5.42. The molecule has 126 valence electrons. The Labute approximate surface area is 138 Å². The maximum atomic E-state index is 12.2. The van der Waals surface area contributed by atoms with Crippen LogP contribution in [0.3, 0.4) is 0 Å². The lowest BCUT2D eigenvalue weighted by molar-refractivity contribution is 0.0500. The van der Waals surface area contributed by atoms with Crippen LogP contribution in [0.25, 0.3) is 10.9 Å². The lowest BCUT2D eigenvalue weighted by Gasteiger charge is -2.23. The number of ether oxygens (including phenoxy) is 1. The monoisotopic (exact) mass is 316 g/mol. The summed E-state index contributed by atoms with van der Waals surface area (Å²) in [6.07, 6.45) is 5.95. The lowest BCUT2D eigenvalue weighted by Crippen LogP contribution is -2.35. The average Bonchev–Trinajstić information content (AvgIpc) is 2.88. The van der Waals surface area contributed by atoms with Crippen molar-refractivity contribution in [2.45, 2.75) is 65.0 Å². The third-order valence-corrected chi connectivity index (χ3v) is 3.78. The van der Waals surface area contributed by atoms with Crippen molar-refractivity contribution >= 4 is 17.0 Å². The minimum Gasteiger partial charge on any atom is -0.444 e. The van der Waals surface area contributed by atoms with Crippen LogP contribution in [-0.2, 0) is 4.74 Å². The van der Waals surface area contributed by atoms with Gasteiger partial charge in [0, 0.05) is 17.1 Å². The molecule has 0 aliphatic heterocycles. The molecule has 1 amide bonds. The first kappa shape index (κ1) is 17.4. The van der Waals surface area contributed by atoms with Gasteiger partial charge in [-0.3, -0.25) is 0 Å². The minimum absolute atomic E-state index is 0.0347. The summed E-state index contributed by atoms with van der Waals surface area (Å²) in [6.45, 7) is 7.82. The Bertz CT molecular complexity index is 640. The molecule has 0 fully saturated rings. The number of nitrogens with one attached hydrogen (secondary N) is 2. The highest BCUT2D eigenvalue weighted by atomic mass is 16.6. The quantitative estimate of drug-likeness (QED) is 0.709. The van der Waals surface area contributed by atoms with Crippen molar-refractivity contribution in [3.8, 4) is 0 Å². The van der Waals surface area contributed by atoms with E-state index in [-0.39, 0.29) is 12.1 Å². The van der Waals surface area contributed by atoms with Crippen molar-refractivity contribution < 1.29 is 9.53 Å². The van der Waals surface area contributed by atoms with E-state index in [0.29, 0.717) is 0 Å². The molecular formula is C19H28N2O2. The molecule has 0 unspecified atom stereocenters. The number of aromatic amines is 1. The van der Waals surface area contributed by atoms with Crippen molar-refractivity contribution in [3.63, 3.8) is 0 Å². The molecule has 2 N–H and O–H groups in total. The molecule has 2 aromatic rings. The summed E-state index contributed by atoms with van der Waals surface area (Å²) >= 11 is 0. The Hall–Kier alpha value is -1.97. The zero-order chi connectivity index (χ0) is 16.9. The van der Waals surface area contributed by atoms with E-state index < -0.39 is 5.60 Å². The molecule has 0 saturated carbocycles. The van der Waals surface area contributed by atoms with E-state index in [4.69, 9.17) is 4.74 Å². The van der Waals surface area contributed by atoms with Crippen LogP contribution in [-0.4, -0.2) is 16.7 Å². The average molecular weight is 316 g/mol. The molecule has 0 radical (unpaired) electrons. The Morgan fingerprint density at radius 3 is 2.70 bits per heavy atom. The van der Waals surface area contributed by atoms with E-state index in [1.807, 2.05) is 39.1 Å². The van der Waals surface area contributed by atoms with E-state index in [1.165, 1.54) is 0 Å². The van der Waals surface area contributed by atoms with Crippen LogP contribution in [0.4, 0.5) is 4.79 Å². The van der Waals surface area contributed by atoms with Gasteiger partial charge in [-0.15, -0.1) is 0 Å². The number of benzene rings is 1. The first-order chi connectivity index (χ1) is 10.9. The summed E-state index contributed by atoms with van der Waals surface area (Å²) in [5.41, 5.74) is 1.73. The van der Waals surface area contributed by atoms with Crippen LogP contribution in [0.2, 0.25) is 0 Å². The van der Waals surface area contributed by atoms with E-state index in [1.54, 1.807) is 0 Å². The zero-order valence-electron chi connectivity index (χ0n) is 14.6. The minimum atomic E-state index is -0.488. The number of unbranched alkanes of at least 4 members (excludes halogenated alkanes) is 2. The number of para-hydroxylation sites is 1. The second-order valence-corrected chi connectivity index (χ2v) is 6.98. The van der Waals surface area contributed by atoms with Gasteiger partial charge in [0.2, 0.25) is 0 Å². The van der Waals surface area contributed by atoms with Crippen molar-refractivity contribution in [2.24, 2.45) is 0 Å². The smallest absolute Gasteiger partial charge is 0.408 e. The lowest BCUT2D eigenvalue weighted by atomic mass is 10.00. The maximum Gasteiger partial charge on any atom is 0.408 e. The van der Waals surface area contributed by atoms with Crippen molar-refractivity contribution in [1.82, 2.24) is 10.3 Å². The molecule has 1 aromatic heterocycles. The number of hydrogen-bond donors (Lipinski definition) is 2.